The number of aromatic amines is 2. The number of methoxy groups -OCH3 is 2. The van der Waals surface area contributed by atoms with Gasteiger partial charge in [-0.25, -0.2) is 28.3 Å². The first-order valence-corrected chi connectivity index (χ1v) is 23.7. The molecule has 3 fully saturated rings. The van der Waals surface area contributed by atoms with Crippen molar-refractivity contribution in [3.63, 3.8) is 0 Å². The Kier molecular flexibility index (Phi) is 10.7. The van der Waals surface area contributed by atoms with Gasteiger partial charge in [-0.15, -0.1) is 0 Å². The smallest absolute Gasteiger partial charge is 0.407 e. The lowest BCUT2D eigenvalue weighted by atomic mass is 9.99. The van der Waals surface area contributed by atoms with E-state index in [0.29, 0.717) is 17.2 Å². The maximum absolute atomic E-state index is 15.0. The van der Waals surface area contributed by atoms with Crippen molar-refractivity contribution in [2.45, 2.75) is 82.3 Å². The minimum atomic E-state index is -3.14. The Morgan fingerprint density at radius 3 is 2.22 bits per heavy atom. The van der Waals surface area contributed by atoms with E-state index in [4.69, 9.17) is 9.72 Å². The minimum Gasteiger partial charge on any atom is -0.453 e. The lowest BCUT2D eigenvalue weighted by molar-refractivity contribution is -0.136. The number of imidazole rings is 2. The predicted molar refractivity (Wildman–Crippen MR) is 224 cm³/mol. The molecule has 4 amide bonds. The number of nitrogens with zero attached hydrogens (tertiary/aromatic N) is 4. The van der Waals surface area contributed by atoms with Crippen molar-refractivity contribution in [3.05, 3.63) is 72.4 Å². The number of H-pyrrole nitrogens is 2. The van der Waals surface area contributed by atoms with Crippen LogP contribution in [0.25, 0.3) is 44.2 Å². The average molecular weight is 841 g/mol. The molecule has 8 rings (SSSR count). The molecule has 0 radical (unpaired) electrons. The fraction of sp³-hybridized carbons (Fsp3) is 0.442. The van der Waals surface area contributed by atoms with E-state index in [9.17, 15) is 28.0 Å². The van der Waals surface area contributed by atoms with Gasteiger partial charge in [0.1, 0.15) is 23.7 Å². The third-order valence-electron chi connectivity index (χ3n) is 12.0. The summed E-state index contributed by atoms with van der Waals surface area (Å²) >= 11 is 0. The van der Waals surface area contributed by atoms with Crippen molar-refractivity contribution >= 4 is 53.9 Å². The Hall–Kier alpha value is -5.84. The number of hydrogen-bond donors (Lipinski definition) is 4. The first-order chi connectivity index (χ1) is 28.5. The summed E-state index contributed by atoms with van der Waals surface area (Å²) in [7, 11) is 0.720. The number of alkyl halides is 2. The van der Waals surface area contributed by atoms with Crippen LogP contribution in [0.4, 0.5) is 18.4 Å². The standard InChI is InChI=1S/C43H50F2N8O6Si/c1-23(2)34(50-41(56)58-3)39(54)52-21-43(44,45)18-32(52)38-47-30-16-14-28-17-27(13-15-29(28)36(30)49-38)24-7-9-25(10-8-24)31-19-46-37(48-31)33-20-60(5,6)22-53(33)40(55)35(26-11-12-26)51-42(57)59-4/h7-10,13-17,19,23,26,32-35H,11-12,18,20-22H2,1-6H3,(H,46,48)(H,47,49)(H,50,56)(H,51,57)/t32-,33-,34-,35-/m0/s1. The SMILES string of the molecule is COC(=O)N[C@H](C(=O)N1CC(F)(F)C[C@H]1c1nc2ccc3cc(-c4ccc(-c5cnc([C@@H]6C[Si](C)(C)CN6C(=O)[C@@H](NC(=O)OC)C6CC6)[nH]5)cc4)ccc3c2[nH]1)C(C)C. The Bertz CT molecular complexity index is 2470. The van der Waals surface area contributed by atoms with Crippen molar-refractivity contribution in [2.75, 3.05) is 26.9 Å². The highest BCUT2D eigenvalue weighted by Crippen LogP contribution is 2.43. The molecule has 3 aromatic carbocycles. The summed E-state index contributed by atoms with van der Waals surface area (Å²) < 4.78 is 39.4. The first kappa shape index (κ1) is 40.9. The van der Waals surface area contributed by atoms with Gasteiger partial charge in [-0.1, -0.05) is 69.4 Å². The molecule has 14 nitrogen and oxygen atoms in total. The largest absolute Gasteiger partial charge is 0.453 e. The molecular formula is C43H50F2N8O6Si. The van der Waals surface area contributed by atoms with E-state index in [0.717, 1.165) is 62.8 Å². The number of alkyl carbamates (subject to hydrolysis) is 2. The summed E-state index contributed by atoms with van der Waals surface area (Å²) in [6.45, 7) is 7.20. The van der Waals surface area contributed by atoms with E-state index in [1.807, 2.05) is 53.4 Å². The Morgan fingerprint density at radius 1 is 0.850 bits per heavy atom. The number of amides is 4. The topological polar surface area (TPSA) is 175 Å². The number of fused-ring (bicyclic) bond motifs is 3. The van der Waals surface area contributed by atoms with E-state index >= 15 is 0 Å². The Balaban J connectivity index is 1.01. The van der Waals surface area contributed by atoms with E-state index in [-0.39, 0.29) is 29.6 Å². The van der Waals surface area contributed by atoms with Crippen molar-refractivity contribution in [1.82, 2.24) is 40.4 Å². The van der Waals surface area contributed by atoms with Crippen LogP contribution >= 0.6 is 0 Å². The zero-order valence-corrected chi connectivity index (χ0v) is 35.5. The van der Waals surface area contributed by atoms with Gasteiger partial charge in [0.15, 0.2) is 0 Å². The molecule has 60 heavy (non-hydrogen) atoms. The zero-order chi connectivity index (χ0) is 42.7. The fourth-order valence-electron chi connectivity index (χ4n) is 8.75. The summed E-state index contributed by atoms with van der Waals surface area (Å²) in [5.41, 5.74) is 4.98. The number of nitrogens with one attached hydrogen (secondary N) is 4. The highest BCUT2D eigenvalue weighted by Gasteiger charge is 2.51. The van der Waals surface area contributed by atoms with Crippen LogP contribution in [0.15, 0.2) is 60.8 Å². The van der Waals surface area contributed by atoms with Crippen molar-refractivity contribution < 1.29 is 37.4 Å². The number of ether oxygens (including phenoxy) is 2. The lowest BCUT2D eigenvalue weighted by Crippen LogP contribution is -2.51. The van der Waals surface area contributed by atoms with Crippen LogP contribution in [0.5, 0.6) is 0 Å². The first-order valence-electron chi connectivity index (χ1n) is 20.3. The van der Waals surface area contributed by atoms with Crippen LogP contribution in [0.2, 0.25) is 19.1 Å². The number of carbonyl (C=O) groups is 4. The second-order valence-corrected chi connectivity index (χ2v) is 22.5. The number of halogens is 2. The number of benzene rings is 3. The van der Waals surface area contributed by atoms with Gasteiger partial charge in [-0.2, -0.15) is 0 Å². The number of aromatic nitrogens is 4. The van der Waals surface area contributed by atoms with Crippen LogP contribution in [-0.2, 0) is 19.1 Å². The number of hydrogen-bond acceptors (Lipinski definition) is 8. The number of carbonyl (C=O) groups excluding carboxylic acids is 4. The van der Waals surface area contributed by atoms with Crippen molar-refractivity contribution in [3.8, 4) is 22.4 Å². The van der Waals surface area contributed by atoms with Crippen LogP contribution in [0, 0.1) is 11.8 Å². The molecule has 2 aromatic heterocycles. The Morgan fingerprint density at radius 2 is 1.53 bits per heavy atom. The van der Waals surface area contributed by atoms with Gasteiger partial charge in [-0.05, 0) is 64.9 Å². The quantitative estimate of drug-likeness (QED) is 0.106. The second kappa shape index (κ2) is 15.6. The molecule has 17 heteroatoms. The van der Waals surface area contributed by atoms with Gasteiger partial charge in [0.05, 0.1) is 63.8 Å². The fourth-order valence-corrected chi connectivity index (χ4v) is 11.6. The van der Waals surface area contributed by atoms with Crippen LogP contribution in [0.1, 0.15) is 56.8 Å². The summed E-state index contributed by atoms with van der Waals surface area (Å²) in [4.78, 5) is 70.9. The normalized spacial score (nSPS) is 20.7. The molecule has 5 aromatic rings. The summed E-state index contributed by atoms with van der Waals surface area (Å²) in [5, 5.41) is 7.04. The van der Waals surface area contributed by atoms with E-state index in [2.05, 4.69) is 49.5 Å². The molecule has 0 spiro atoms. The van der Waals surface area contributed by atoms with Gasteiger partial charge >= 0.3 is 12.2 Å². The van der Waals surface area contributed by atoms with Gasteiger partial charge < -0.3 is 39.9 Å². The number of rotatable bonds is 10. The van der Waals surface area contributed by atoms with Crippen LogP contribution < -0.4 is 10.6 Å². The van der Waals surface area contributed by atoms with Gasteiger partial charge in [0, 0.05) is 18.0 Å². The molecule has 0 unspecified atom stereocenters. The predicted octanol–water partition coefficient (Wildman–Crippen LogP) is 7.33. The van der Waals surface area contributed by atoms with E-state index in [1.54, 1.807) is 20.0 Å². The summed E-state index contributed by atoms with van der Waals surface area (Å²) in [5.74, 6) is -3.13. The van der Waals surface area contributed by atoms with Crippen LogP contribution in [-0.4, -0.2) is 107 Å². The highest BCUT2D eigenvalue weighted by molar-refractivity contribution is 6.78. The molecule has 1 aliphatic carbocycles. The molecular weight excluding hydrogens is 791 g/mol. The van der Waals surface area contributed by atoms with E-state index in [1.165, 1.54) is 14.2 Å². The van der Waals surface area contributed by atoms with Crippen molar-refractivity contribution in [1.29, 1.82) is 0 Å². The summed E-state index contributed by atoms with van der Waals surface area (Å²) in [6.07, 6.45) is 2.25. The molecule has 4 atom stereocenters. The third kappa shape index (κ3) is 8.06. The minimum absolute atomic E-state index is 0.0828. The van der Waals surface area contributed by atoms with Gasteiger partial charge in [0.2, 0.25) is 11.8 Å². The van der Waals surface area contributed by atoms with Crippen molar-refractivity contribution in [2.24, 2.45) is 11.8 Å². The zero-order valence-electron chi connectivity index (χ0n) is 34.5. The maximum atomic E-state index is 15.0. The molecule has 0 bridgehead atoms. The lowest BCUT2D eigenvalue weighted by Gasteiger charge is -2.29. The molecule has 1 saturated carbocycles. The third-order valence-corrected chi connectivity index (χ3v) is 14.7. The summed E-state index contributed by atoms with van der Waals surface area (Å²) in [6, 6.07) is 15.9. The molecule has 3 aliphatic rings. The molecule has 4 N–H and O–H groups in total. The van der Waals surface area contributed by atoms with Gasteiger partial charge in [-0.3, -0.25) is 9.59 Å². The van der Waals surface area contributed by atoms with E-state index < -0.39 is 63.2 Å². The monoisotopic (exact) mass is 840 g/mol. The number of likely N-dealkylation sites (tertiary alicyclic amines) is 1. The average Bonchev–Trinajstić information content (AvgIpc) is 3.50. The highest BCUT2D eigenvalue weighted by atomic mass is 28.3. The van der Waals surface area contributed by atoms with Gasteiger partial charge in [0.25, 0.3) is 5.92 Å². The molecule has 2 saturated heterocycles. The molecule has 2 aliphatic heterocycles. The molecule has 4 heterocycles. The second-order valence-electron chi connectivity index (χ2n) is 17.5. The maximum Gasteiger partial charge on any atom is 0.407 e. The van der Waals surface area contributed by atoms with Crippen LogP contribution in [0.3, 0.4) is 0 Å². The Labute approximate surface area is 346 Å². The molecule has 316 valence electrons.